The molecule has 0 saturated carbocycles. The zero-order valence-corrected chi connectivity index (χ0v) is 10.9. The van der Waals surface area contributed by atoms with Gasteiger partial charge in [0.2, 0.25) is 0 Å². The Morgan fingerprint density at radius 3 is 2.94 bits per heavy atom. The van der Waals surface area contributed by atoms with Gasteiger partial charge in [-0.3, -0.25) is 4.90 Å². The highest BCUT2D eigenvalue weighted by atomic mass is 35.5. The SMILES string of the molecule is NCCCC1COC(=O)N1Cc1ccccc1Cl. The maximum atomic E-state index is 11.7. The molecule has 1 aliphatic heterocycles. The molecular formula is C13H17ClN2O2. The summed E-state index contributed by atoms with van der Waals surface area (Å²) in [6, 6.07) is 7.65. The van der Waals surface area contributed by atoms with Gasteiger partial charge in [-0.1, -0.05) is 29.8 Å². The molecule has 0 aromatic heterocycles. The molecule has 0 bridgehead atoms. The maximum Gasteiger partial charge on any atom is 0.410 e. The van der Waals surface area contributed by atoms with Crippen LogP contribution in [0.25, 0.3) is 0 Å². The van der Waals surface area contributed by atoms with Gasteiger partial charge >= 0.3 is 6.09 Å². The van der Waals surface area contributed by atoms with Crippen LogP contribution in [0, 0.1) is 0 Å². The molecule has 1 aromatic rings. The number of nitrogens with two attached hydrogens (primary N) is 1. The molecule has 2 N–H and O–H groups in total. The number of nitrogens with zero attached hydrogens (tertiary/aromatic N) is 1. The molecule has 4 nitrogen and oxygen atoms in total. The van der Waals surface area contributed by atoms with Gasteiger partial charge in [-0.25, -0.2) is 4.79 Å². The maximum absolute atomic E-state index is 11.7. The van der Waals surface area contributed by atoms with Crippen LogP contribution in [0.1, 0.15) is 18.4 Å². The molecule has 5 heteroatoms. The summed E-state index contributed by atoms with van der Waals surface area (Å²) < 4.78 is 5.09. The summed E-state index contributed by atoms with van der Waals surface area (Å²) in [5.41, 5.74) is 6.44. The van der Waals surface area contributed by atoms with Gasteiger partial charge < -0.3 is 10.5 Å². The molecule has 1 aromatic carbocycles. The van der Waals surface area contributed by atoms with Crippen LogP contribution < -0.4 is 5.73 Å². The van der Waals surface area contributed by atoms with E-state index in [2.05, 4.69) is 0 Å². The Balaban J connectivity index is 2.06. The number of amides is 1. The highest BCUT2D eigenvalue weighted by molar-refractivity contribution is 6.31. The van der Waals surface area contributed by atoms with E-state index in [1.54, 1.807) is 4.90 Å². The number of carbonyl (C=O) groups excluding carboxylic acids is 1. The van der Waals surface area contributed by atoms with Gasteiger partial charge in [-0.05, 0) is 31.0 Å². The lowest BCUT2D eigenvalue weighted by Crippen LogP contribution is -2.33. The van der Waals surface area contributed by atoms with E-state index in [4.69, 9.17) is 22.1 Å². The average molecular weight is 269 g/mol. The van der Waals surface area contributed by atoms with E-state index >= 15 is 0 Å². The monoisotopic (exact) mass is 268 g/mol. The first kappa shape index (κ1) is 13.2. The molecule has 1 fully saturated rings. The van der Waals surface area contributed by atoms with Crippen LogP contribution in [0.2, 0.25) is 5.02 Å². The van der Waals surface area contributed by atoms with Crippen LogP contribution >= 0.6 is 11.6 Å². The summed E-state index contributed by atoms with van der Waals surface area (Å²) in [6.07, 6.45) is 1.49. The summed E-state index contributed by atoms with van der Waals surface area (Å²) in [6.45, 7) is 1.57. The van der Waals surface area contributed by atoms with Crippen molar-refractivity contribution < 1.29 is 9.53 Å². The standard InChI is InChI=1S/C13H17ClN2O2/c14-12-6-2-1-4-10(12)8-16-11(5-3-7-15)9-18-13(16)17/h1-2,4,6,11H,3,5,7-9,15H2. The number of carbonyl (C=O) groups is 1. The van der Waals surface area contributed by atoms with Crippen molar-refractivity contribution in [2.75, 3.05) is 13.2 Å². The fraction of sp³-hybridized carbons (Fsp3) is 0.462. The fourth-order valence-corrected chi connectivity index (χ4v) is 2.28. The summed E-state index contributed by atoms with van der Waals surface area (Å²) in [4.78, 5) is 13.4. The number of benzene rings is 1. The van der Waals surface area contributed by atoms with Gasteiger partial charge in [0.25, 0.3) is 0 Å². The highest BCUT2D eigenvalue weighted by Crippen LogP contribution is 2.23. The first-order chi connectivity index (χ1) is 8.72. The van der Waals surface area contributed by atoms with Crippen LogP contribution in [-0.2, 0) is 11.3 Å². The third-order valence-corrected chi connectivity index (χ3v) is 3.48. The Bertz CT molecular complexity index is 425. The molecule has 0 aliphatic carbocycles. The largest absolute Gasteiger partial charge is 0.447 e. The fourth-order valence-electron chi connectivity index (χ4n) is 2.09. The van der Waals surface area contributed by atoms with Crippen LogP contribution in [0.4, 0.5) is 4.79 Å². The molecular weight excluding hydrogens is 252 g/mol. The molecule has 1 saturated heterocycles. The predicted octanol–water partition coefficient (Wildman–Crippen LogP) is 2.40. The second-order valence-corrected chi connectivity index (χ2v) is 4.79. The van der Waals surface area contributed by atoms with Crippen LogP contribution in [0.3, 0.4) is 0 Å². The molecule has 1 amide bonds. The number of cyclic esters (lactones) is 1. The lowest BCUT2D eigenvalue weighted by molar-refractivity contribution is 0.156. The van der Waals surface area contributed by atoms with E-state index in [-0.39, 0.29) is 12.1 Å². The Kier molecular flexibility index (Phi) is 4.44. The second kappa shape index (κ2) is 6.07. The Hall–Kier alpha value is -1.26. The third-order valence-electron chi connectivity index (χ3n) is 3.11. The Morgan fingerprint density at radius 1 is 1.44 bits per heavy atom. The first-order valence-corrected chi connectivity index (χ1v) is 6.47. The van der Waals surface area contributed by atoms with Crippen molar-refractivity contribution in [1.29, 1.82) is 0 Å². The van der Waals surface area contributed by atoms with Gasteiger partial charge in [0.15, 0.2) is 0 Å². The molecule has 1 heterocycles. The molecule has 2 rings (SSSR count). The summed E-state index contributed by atoms with van der Waals surface area (Å²) in [7, 11) is 0. The molecule has 98 valence electrons. The van der Waals surface area contributed by atoms with Gasteiger partial charge in [0.05, 0.1) is 12.6 Å². The zero-order chi connectivity index (χ0) is 13.0. The highest BCUT2D eigenvalue weighted by Gasteiger charge is 2.32. The van der Waals surface area contributed by atoms with E-state index in [1.165, 1.54) is 0 Å². The number of halogens is 1. The second-order valence-electron chi connectivity index (χ2n) is 4.38. The normalized spacial score (nSPS) is 19.1. The topological polar surface area (TPSA) is 55.6 Å². The molecule has 1 unspecified atom stereocenters. The summed E-state index contributed by atoms with van der Waals surface area (Å²) in [5, 5.41) is 0.676. The predicted molar refractivity (Wildman–Crippen MR) is 70.4 cm³/mol. The van der Waals surface area contributed by atoms with Crippen molar-refractivity contribution in [3.8, 4) is 0 Å². The van der Waals surface area contributed by atoms with Crippen molar-refractivity contribution in [3.63, 3.8) is 0 Å². The molecule has 1 aliphatic rings. The minimum absolute atomic E-state index is 0.109. The van der Waals surface area contributed by atoms with Crippen molar-refractivity contribution >= 4 is 17.7 Å². The number of ether oxygens (including phenoxy) is 1. The van der Waals surface area contributed by atoms with Crippen LogP contribution in [0.15, 0.2) is 24.3 Å². The van der Waals surface area contributed by atoms with Crippen LogP contribution in [0.5, 0.6) is 0 Å². The Labute approximate surface area is 112 Å². The first-order valence-electron chi connectivity index (χ1n) is 6.09. The van der Waals surface area contributed by atoms with Gasteiger partial charge in [-0.2, -0.15) is 0 Å². The number of rotatable bonds is 5. The van der Waals surface area contributed by atoms with Crippen LogP contribution in [-0.4, -0.2) is 30.2 Å². The van der Waals surface area contributed by atoms with E-state index < -0.39 is 0 Å². The molecule has 1 atom stereocenters. The third kappa shape index (κ3) is 2.94. The molecule has 0 radical (unpaired) electrons. The van der Waals surface area contributed by atoms with E-state index in [9.17, 15) is 4.79 Å². The summed E-state index contributed by atoms with van der Waals surface area (Å²) in [5.74, 6) is 0. The Morgan fingerprint density at radius 2 is 2.22 bits per heavy atom. The summed E-state index contributed by atoms with van der Waals surface area (Å²) >= 11 is 6.10. The quantitative estimate of drug-likeness (QED) is 0.892. The van der Waals surface area contributed by atoms with E-state index in [0.29, 0.717) is 24.7 Å². The van der Waals surface area contributed by atoms with Crippen molar-refractivity contribution in [1.82, 2.24) is 4.90 Å². The minimum Gasteiger partial charge on any atom is -0.447 e. The van der Waals surface area contributed by atoms with Gasteiger partial charge in [-0.15, -0.1) is 0 Å². The van der Waals surface area contributed by atoms with Crippen molar-refractivity contribution in [2.24, 2.45) is 5.73 Å². The van der Waals surface area contributed by atoms with E-state index in [0.717, 1.165) is 18.4 Å². The lowest BCUT2D eigenvalue weighted by Gasteiger charge is -2.21. The molecule has 0 spiro atoms. The average Bonchev–Trinajstić information content (AvgIpc) is 2.71. The molecule has 18 heavy (non-hydrogen) atoms. The zero-order valence-electron chi connectivity index (χ0n) is 10.1. The lowest BCUT2D eigenvalue weighted by atomic mass is 10.1. The van der Waals surface area contributed by atoms with Gasteiger partial charge in [0.1, 0.15) is 6.61 Å². The van der Waals surface area contributed by atoms with Crippen molar-refractivity contribution in [3.05, 3.63) is 34.9 Å². The minimum atomic E-state index is -0.267. The smallest absolute Gasteiger partial charge is 0.410 e. The van der Waals surface area contributed by atoms with Crippen molar-refractivity contribution in [2.45, 2.75) is 25.4 Å². The van der Waals surface area contributed by atoms with Gasteiger partial charge in [0, 0.05) is 5.02 Å². The number of hydrogen-bond acceptors (Lipinski definition) is 3. The number of hydrogen-bond donors (Lipinski definition) is 1. The van der Waals surface area contributed by atoms with E-state index in [1.807, 2.05) is 24.3 Å².